The number of anilines is 1. The van der Waals surface area contributed by atoms with Crippen molar-refractivity contribution in [2.24, 2.45) is 11.8 Å². The van der Waals surface area contributed by atoms with Crippen molar-refractivity contribution in [1.82, 2.24) is 10.2 Å². The van der Waals surface area contributed by atoms with Gasteiger partial charge in [-0.1, -0.05) is 26.0 Å². The molecule has 1 aromatic carbocycles. The summed E-state index contributed by atoms with van der Waals surface area (Å²) in [7, 11) is 0. The van der Waals surface area contributed by atoms with Gasteiger partial charge in [-0.15, -0.1) is 0 Å². The number of hydrogen-bond acceptors (Lipinski definition) is 2. The third-order valence-corrected chi connectivity index (χ3v) is 4.64. The van der Waals surface area contributed by atoms with Crippen molar-refractivity contribution in [3.05, 3.63) is 36.5 Å². The third-order valence-electron chi connectivity index (χ3n) is 4.64. The monoisotopic (exact) mass is 269 g/mol. The Bertz CT molecular complexity index is 547. The van der Waals surface area contributed by atoms with Crippen molar-refractivity contribution in [3.63, 3.8) is 0 Å². The zero-order chi connectivity index (χ0) is 13.9. The lowest BCUT2D eigenvalue weighted by Gasteiger charge is -2.33. The van der Waals surface area contributed by atoms with E-state index in [9.17, 15) is 0 Å². The molecule has 0 amide bonds. The highest BCUT2D eigenvalue weighted by Gasteiger charge is 2.24. The molecule has 0 spiro atoms. The molecule has 1 aliphatic rings. The van der Waals surface area contributed by atoms with Gasteiger partial charge in [-0.25, -0.2) is 0 Å². The number of nitrogens with one attached hydrogen (secondary N) is 2. The molecule has 0 aliphatic heterocycles. The lowest BCUT2D eigenvalue weighted by atomic mass is 9.79. The second-order valence-electron chi connectivity index (χ2n) is 6.16. The first kappa shape index (κ1) is 13.2. The molecule has 3 rings (SSSR count). The first-order valence-corrected chi connectivity index (χ1v) is 7.58. The molecular weight excluding hydrogens is 246 g/mol. The van der Waals surface area contributed by atoms with Gasteiger partial charge in [-0.2, -0.15) is 5.10 Å². The minimum Gasteiger partial charge on any atom is -0.382 e. The van der Waals surface area contributed by atoms with Crippen molar-refractivity contribution in [1.29, 1.82) is 0 Å². The van der Waals surface area contributed by atoms with E-state index in [-0.39, 0.29) is 0 Å². The fraction of sp³-hybridized carbons (Fsp3) is 0.471. The molecule has 3 unspecified atom stereocenters. The van der Waals surface area contributed by atoms with E-state index in [0.717, 1.165) is 17.5 Å². The topological polar surface area (TPSA) is 40.7 Å². The van der Waals surface area contributed by atoms with Crippen molar-refractivity contribution >= 4 is 5.69 Å². The van der Waals surface area contributed by atoms with E-state index in [0.29, 0.717) is 6.04 Å². The van der Waals surface area contributed by atoms with Crippen LogP contribution in [0.3, 0.4) is 0 Å². The number of nitrogens with zero attached hydrogens (tertiary/aromatic N) is 1. The average Bonchev–Trinajstić information content (AvgIpc) is 2.97. The molecule has 0 bridgehead atoms. The molecule has 1 saturated carbocycles. The maximum Gasteiger partial charge on any atom is 0.0650 e. The highest BCUT2D eigenvalue weighted by Crippen LogP contribution is 2.31. The van der Waals surface area contributed by atoms with Gasteiger partial charge in [0, 0.05) is 23.5 Å². The van der Waals surface area contributed by atoms with Crippen LogP contribution in [0.15, 0.2) is 36.5 Å². The standard InChI is InChI=1S/C17H23N3/c1-12-6-7-16(10-13(12)2)19-15-5-3-4-14(11-15)17-8-9-18-20-17/h3-5,8-9,11-13,16,19H,6-7,10H2,1-2H3,(H,18,20). The van der Waals surface area contributed by atoms with Gasteiger partial charge < -0.3 is 5.32 Å². The lowest BCUT2D eigenvalue weighted by Crippen LogP contribution is -2.30. The minimum absolute atomic E-state index is 0.609. The predicted octanol–water partition coefficient (Wildman–Crippen LogP) is 4.31. The highest BCUT2D eigenvalue weighted by atomic mass is 15.1. The number of rotatable bonds is 3. The second kappa shape index (κ2) is 5.70. The predicted molar refractivity (Wildman–Crippen MR) is 83.6 cm³/mol. The van der Waals surface area contributed by atoms with Crippen molar-refractivity contribution in [2.45, 2.75) is 39.2 Å². The smallest absolute Gasteiger partial charge is 0.0650 e. The van der Waals surface area contributed by atoms with Gasteiger partial charge in [-0.05, 0) is 49.3 Å². The summed E-state index contributed by atoms with van der Waals surface area (Å²) in [6.45, 7) is 4.75. The van der Waals surface area contributed by atoms with Crippen molar-refractivity contribution in [3.8, 4) is 11.3 Å². The van der Waals surface area contributed by atoms with E-state index in [4.69, 9.17) is 0 Å². The van der Waals surface area contributed by atoms with Crippen LogP contribution in [-0.4, -0.2) is 16.2 Å². The molecule has 0 radical (unpaired) electrons. The van der Waals surface area contributed by atoms with E-state index in [2.05, 4.69) is 53.6 Å². The molecule has 1 fully saturated rings. The van der Waals surface area contributed by atoms with Crippen molar-refractivity contribution < 1.29 is 0 Å². The second-order valence-corrected chi connectivity index (χ2v) is 6.16. The summed E-state index contributed by atoms with van der Waals surface area (Å²) in [5.74, 6) is 1.68. The Morgan fingerprint density at radius 1 is 1.15 bits per heavy atom. The van der Waals surface area contributed by atoms with Crippen LogP contribution < -0.4 is 5.32 Å². The van der Waals surface area contributed by atoms with Gasteiger partial charge in [0.1, 0.15) is 0 Å². The Kier molecular flexibility index (Phi) is 3.77. The molecule has 106 valence electrons. The number of aromatic nitrogens is 2. The van der Waals surface area contributed by atoms with Gasteiger partial charge in [0.2, 0.25) is 0 Å². The normalized spacial score (nSPS) is 26.4. The quantitative estimate of drug-likeness (QED) is 0.871. The van der Waals surface area contributed by atoms with E-state index >= 15 is 0 Å². The summed E-state index contributed by atoms with van der Waals surface area (Å²) in [4.78, 5) is 0. The molecule has 1 aliphatic carbocycles. The molecule has 1 heterocycles. The van der Waals surface area contributed by atoms with Crippen LogP contribution in [0.1, 0.15) is 33.1 Å². The van der Waals surface area contributed by atoms with Crippen molar-refractivity contribution in [2.75, 3.05) is 5.32 Å². The molecule has 3 nitrogen and oxygen atoms in total. The third kappa shape index (κ3) is 2.87. The summed E-state index contributed by atoms with van der Waals surface area (Å²) in [5, 5.41) is 10.7. The molecule has 2 N–H and O–H groups in total. The number of H-pyrrole nitrogens is 1. The van der Waals surface area contributed by atoms with Crippen LogP contribution in [0.4, 0.5) is 5.69 Å². The summed E-state index contributed by atoms with van der Waals surface area (Å²) in [6.07, 6.45) is 5.67. The zero-order valence-corrected chi connectivity index (χ0v) is 12.3. The van der Waals surface area contributed by atoms with Crippen LogP contribution in [-0.2, 0) is 0 Å². The van der Waals surface area contributed by atoms with Gasteiger partial charge in [0.05, 0.1) is 5.69 Å². The van der Waals surface area contributed by atoms with Gasteiger partial charge in [0.15, 0.2) is 0 Å². The summed E-state index contributed by atoms with van der Waals surface area (Å²) >= 11 is 0. The van der Waals surface area contributed by atoms with Gasteiger partial charge >= 0.3 is 0 Å². The van der Waals surface area contributed by atoms with Crippen LogP contribution in [0.5, 0.6) is 0 Å². The van der Waals surface area contributed by atoms with Crippen LogP contribution >= 0.6 is 0 Å². The molecule has 3 atom stereocenters. The molecule has 0 saturated heterocycles. The molecule has 3 heteroatoms. The summed E-state index contributed by atoms with van der Waals surface area (Å²) in [5.41, 5.74) is 3.47. The van der Waals surface area contributed by atoms with Gasteiger partial charge in [0.25, 0.3) is 0 Å². The Balaban J connectivity index is 1.70. The maximum atomic E-state index is 4.02. The fourth-order valence-corrected chi connectivity index (χ4v) is 3.11. The Morgan fingerprint density at radius 3 is 2.80 bits per heavy atom. The average molecular weight is 269 g/mol. The van der Waals surface area contributed by atoms with E-state index < -0.39 is 0 Å². The SMILES string of the molecule is CC1CCC(Nc2cccc(-c3ccn[nH]3)c2)CC1C. The number of aromatic amines is 1. The maximum absolute atomic E-state index is 4.02. The van der Waals surface area contributed by atoms with Crippen LogP contribution in [0.25, 0.3) is 11.3 Å². The summed E-state index contributed by atoms with van der Waals surface area (Å²) in [6, 6.07) is 11.2. The first-order valence-electron chi connectivity index (χ1n) is 7.58. The molecular formula is C17H23N3. The molecule has 2 aromatic rings. The van der Waals surface area contributed by atoms with Crippen LogP contribution in [0.2, 0.25) is 0 Å². The zero-order valence-electron chi connectivity index (χ0n) is 12.3. The Labute approximate surface area is 120 Å². The summed E-state index contributed by atoms with van der Waals surface area (Å²) < 4.78 is 0. The van der Waals surface area contributed by atoms with Crippen LogP contribution in [0, 0.1) is 11.8 Å². The Morgan fingerprint density at radius 2 is 2.05 bits per heavy atom. The fourth-order valence-electron chi connectivity index (χ4n) is 3.11. The minimum atomic E-state index is 0.609. The van der Waals surface area contributed by atoms with Gasteiger partial charge in [-0.3, -0.25) is 5.10 Å². The first-order chi connectivity index (χ1) is 9.72. The number of benzene rings is 1. The van der Waals surface area contributed by atoms with E-state index in [1.807, 2.05) is 6.07 Å². The largest absolute Gasteiger partial charge is 0.382 e. The highest BCUT2D eigenvalue weighted by molar-refractivity contribution is 5.64. The lowest BCUT2D eigenvalue weighted by molar-refractivity contribution is 0.261. The molecule has 1 aromatic heterocycles. The molecule has 20 heavy (non-hydrogen) atoms. The Hall–Kier alpha value is -1.77. The number of hydrogen-bond donors (Lipinski definition) is 2. The van der Waals surface area contributed by atoms with E-state index in [1.54, 1.807) is 6.20 Å². The van der Waals surface area contributed by atoms with E-state index in [1.165, 1.54) is 30.5 Å².